The van der Waals surface area contributed by atoms with Crippen molar-refractivity contribution in [3.63, 3.8) is 0 Å². The molecule has 0 atom stereocenters. The van der Waals surface area contributed by atoms with Crippen LogP contribution < -0.4 is 5.32 Å². The standard InChI is InChI=1S/C17H22N2S/c1-18-11-15-13-20-17-12-19(10-8-16(15)17)9-7-14-5-3-2-4-6-14/h2-6,13,18H,7-12H2,1H3. The number of hydrogen-bond donors (Lipinski definition) is 1. The number of nitrogens with one attached hydrogen (secondary N) is 1. The Morgan fingerprint density at radius 1 is 1.25 bits per heavy atom. The molecule has 0 saturated carbocycles. The number of fused-ring (bicyclic) bond motifs is 1. The van der Waals surface area contributed by atoms with E-state index in [1.807, 2.05) is 18.4 Å². The van der Waals surface area contributed by atoms with Gasteiger partial charge in [0.15, 0.2) is 0 Å². The van der Waals surface area contributed by atoms with E-state index in [2.05, 4.69) is 45.9 Å². The summed E-state index contributed by atoms with van der Waals surface area (Å²) in [6.45, 7) is 4.52. The summed E-state index contributed by atoms with van der Waals surface area (Å²) >= 11 is 1.94. The van der Waals surface area contributed by atoms with Crippen molar-refractivity contribution < 1.29 is 0 Å². The van der Waals surface area contributed by atoms with Gasteiger partial charge in [0.05, 0.1) is 0 Å². The van der Waals surface area contributed by atoms with E-state index in [0.29, 0.717) is 0 Å². The van der Waals surface area contributed by atoms with Gasteiger partial charge in [-0.25, -0.2) is 0 Å². The van der Waals surface area contributed by atoms with E-state index in [0.717, 1.165) is 19.5 Å². The third kappa shape index (κ3) is 3.11. The molecule has 1 aromatic heterocycles. The molecule has 2 nitrogen and oxygen atoms in total. The van der Waals surface area contributed by atoms with Gasteiger partial charge in [0.25, 0.3) is 0 Å². The van der Waals surface area contributed by atoms with Crippen molar-refractivity contribution in [3.8, 4) is 0 Å². The average Bonchev–Trinajstić information content (AvgIpc) is 2.89. The highest BCUT2D eigenvalue weighted by molar-refractivity contribution is 7.10. The van der Waals surface area contributed by atoms with E-state index in [-0.39, 0.29) is 0 Å². The second kappa shape index (κ2) is 6.53. The van der Waals surface area contributed by atoms with Crippen molar-refractivity contribution in [1.29, 1.82) is 0 Å². The summed E-state index contributed by atoms with van der Waals surface area (Å²) < 4.78 is 0. The highest BCUT2D eigenvalue weighted by atomic mass is 32.1. The van der Waals surface area contributed by atoms with Crippen LogP contribution in [0.1, 0.15) is 21.6 Å². The smallest absolute Gasteiger partial charge is 0.0331 e. The lowest BCUT2D eigenvalue weighted by Crippen LogP contribution is -2.31. The fraction of sp³-hybridized carbons (Fsp3) is 0.412. The predicted octanol–water partition coefficient (Wildman–Crippen LogP) is 3.07. The van der Waals surface area contributed by atoms with E-state index in [1.165, 1.54) is 30.6 Å². The molecule has 0 saturated heterocycles. The van der Waals surface area contributed by atoms with Gasteiger partial charge in [-0.15, -0.1) is 11.3 Å². The second-order valence-electron chi connectivity index (χ2n) is 5.45. The molecule has 3 rings (SSSR count). The number of benzene rings is 1. The van der Waals surface area contributed by atoms with Gasteiger partial charge >= 0.3 is 0 Å². The first-order chi connectivity index (χ1) is 9.86. The van der Waals surface area contributed by atoms with Gasteiger partial charge < -0.3 is 5.32 Å². The van der Waals surface area contributed by atoms with Gasteiger partial charge in [0.1, 0.15) is 0 Å². The Morgan fingerprint density at radius 3 is 2.90 bits per heavy atom. The van der Waals surface area contributed by atoms with Crippen LogP contribution in [-0.2, 0) is 25.9 Å². The summed E-state index contributed by atoms with van der Waals surface area (Å²) in [5, 5.41) is 5.61. The predicted molar refractivity (Wildman–Crippen MR) is 86.2 cm³/mol. The van der Waals surface area contributed by atoms with Crippen LogP contribution in [0.2, 0.25) is 0 Å². The van der Waals surface area contributed by atoms with E-state index in [9.17, 15) is 0 Å². The zero-order valence-corrected chi connectivity index (χ0v) is 12.9. The molecular formula is C17H22N2S. The van der Waals surface area contributed by atoms with Crippen LogP contribution in [0.25, 0.3) is 0 Å². The van der Waals surface area contributed by atoms with E-state index in [4.69, 9.17) is 0 Å². The molecule has 1 aromatic carbocycles. The van der Waals surface area contributed by atoms with Crippen LogP contribution >= 0.6 is 11.3 Å². The largest absolute Gasteiger partial charge is 0.316 e. The topological polar surface area (TPSA) is 15.3 Å². The SMILES string of the molecule is CNCc1csc2c1CCN(CCc1ccccc1)C2. The van der Waals surface area contributed by atoms with Crippen LogP contribution in [0.5, 0.6) is 0 Å². The summed E-state index contributed by atoms with van der Waals surface area (Å²) in [6, 6.07) is 10.8. The Bertz CT molecular complexity index is 547. The highest BCUT2D eigenvalue weighted by Crippen LogP contribution is 2.28. The quantitative estimate of drug-likeness (QED) is 0.909. The van der Waals surface area contributed by atoms with Crippen molar-refractivity contribution in [3.05, 3.63) is 57.3 Å². The first-order valence-electron chi connectivity index (χ1n) is 7.36. The Morgan fingerprint density at radius 2 is 2.10 bits per heavy atom. The van der Waals surface area contributed by atoms with Gasteiger partial charge in [-0.1, -0.05) is 30.3 Å². The Labute approximate surface area is 125 Å². The fourth-order valence-electron chi connectivity index (χ4n) is 2.91. The normalized spacial score (nSPS) is 15.2. The summed E-state index contributed by atoms with van der Waals surface area (Å²) in [5.74, 6) is 0. The third-order valence-corrected chi connectivity index (χ3v) is 5.10. The van der Waals surface area contributed by atoms with Crippen molar-refractivity contribution in [2.24, 2.45) is 0 Å². The van der Waals surface area contributed by atoms with Crippen molar-refractivity contribution in [1.82, 2.24) is 10.2 Å². The molecule has 2 aromatic rings. The summed E-state index contributed by atoms with van der Waals surface area (Å²) in [6.07, 6.45) is 2.37. The Kier molecular flexibility index (Phi) is 4.51. The summed E-state index contributed by atoms with van der Waals surface area (Å²) in [7, 11) is 2.03. The molecule has 0 radical (unpaired) electrons. The molecule has 0 aliphatic carbocycles. The fourth-order valence-corrected chi connectivity index (χ4v) is 4.05. The van der Waals surface area contributed by atoms with Gasteiger partial charge in [-0.2, -0.15) is 0 Å². The molecule has 0 bridgehead atoms. The molecule has 2 heterocycles. The maximum atomic E-state index is 3.27. The second-order valence-corrected chi connectivity index (χ2v) is 6.42. The minimum absolute atomic E-state index is 1.01. The number of rotatable bonds is 5. The van der Waals surface area contributed by atoms with E-state index < -0.39 is 0 Å². The highest BCUT2D eigenvalue weighted by Gasteiger charge is 2.20. The van der Waals surface area contributed by atoms with Gasteiger partial charge in [-0.3, -0.25) is 4.90 Å². The molecule has 0 spiro atoms. The lowest BCUT2D eigenvalue weighted by molar-refractivity contribution is 0.260. The van der Waals surface area contributed by atoms with Gasteiger partial charge in [0, 0.05) is 31.1 Å². The number of thiophene rings is 1. The molecule has 0 fully saturated rings. The van der Waals surface area contributed by atoms with E-state index >= 15 is 0 Å². The lowest BCUT2D eigenvalue weighted by atomic mass is 10.0. The van der Waals surface area contributed by atoms with Crippen LogP contribution in [0.3, 0.4) is 0 Å². The zero-order chi connectivity index (χ0) is 13.8. The first kappa shape index (κ1) is 13.8. The summed E-state index contributed by atoms with van der Waals surface area (Å²) in [4.78, 5) is 4.17. The molecule has 0 amide bonds. The zero-order valence-electron chi connectivity index (χ0n) is 12.1. The van der Waals surface area contributed by atoms with Crippen LogP contribution in [0, 0.1) is 0 Å². The Balaban J connectivity index is 1.59. The van der Waals surface area contributed by atoms with Crippen molar-refractivity contribution in [2.75, 3.05) is 20.1 Å². The molecular weight excluding hydrogens is 264 g/mol. The molecule has 1 N–H and O–H groups in total. The van der Waals surface area contributed by atoms with E-state index in [1.54, 1.807) is 10.4 Å². The maximum Gasteiger partial charge on any atom is 0.0331 e. The first-order valence-corrected chi connectivity index (χ1v) is 8.24. The molecule has 0 unspecified atom stereocenters. The minimum Gasteiger partial charge on any atom is -0.316 e. The van der Waals surface area contributed by atoms with Crippen molar-refractivity contribution >= 4 is 11.3 Å². The molecule has 106 valence electrons. The molecule has 3 heteroatoms. The lowest BCUT2D eigenvalue weighted by Gasteiger charge is -2.27. The number of nitrogens with zero attached hydrogens (tertiary/aromatic N) is 1. The number of hydrogen-bond acceptors (Lipinski definition) is 3. The monoisotopic (exact) mass is 286 g/mol. The summed E-state index contributed by atoms with van der Waals surface area (Å²) in [5.41, 5.74) is 4.57. The molecule has 1 aliphatic heterocycles. The van der Waals surface area contributed by atoms with Crippen LogP contribution in [0.15, 0.2) is 35.7 Å². The van der Waals surface area contributed by atoms with Crippen molar-refractivity contribution in [2.45, 2.75) is 25.9 Å². The van der Waals surface area contributed by atoms with Crippen LogP contribution in [0.4, 0.5) is 0 Å². The van der Waals surface area contributed by atoms with Crippen LogP contribution in [-0.4, -0.2) is 25.0 Å². The average molecular weight is 286 g/mol. The van der Waals surface area contributed by atoms with Gasteiger partial charge in [0.2, 0.25) is 0 Å². The van der Waals surface area contributed by atoms with Gasteiger partial charge in [-0.05, 0) is 42.0 Å². The minimum atomic E-state index is 1.01. The molecule has 20 heavy (non-hydrogen) atoms. The third-order valence-electron chi connectivity index (χ3n) is 4.04. The maximum absolute atomic E-state index is 3.27. The Hall–Kier alpha value is -1.16. The molecule has 1 aliphatic rings.